The van der Waals surface area contributed by atoms with E-state index in [1.807, 2.05) is 0 Å². The van der Waals surface area contributed by atoms with E-state index in [1.165, 1.54) is 6.07 Å². The number of nitrogens with one attached hydrogen (secondary N) is 2. The fourth-order valence-corrected chi connectivity index (χ4v) is 2.83. The van der Waals surface area contributed by atoms with Gasteiger partial charge in [-0.3, -0.25) is 16.4 Å². The molecule has 0 saturated carbocycles. The van der Waals surface area contributed by atoms with Crippen molar-refractivity contribution in [3.63, 3.8) is 0 Å². The summed E-state index contributed by atoms with van der Waals surface area (Å²) in [6.07, 6.45) is -2.84. The van der Waals surface area contributed by atoms with Gasteiger partial charge in [0.15, 0.2) is 0 Å². The van der Waals surface area contributed by atoms with Gasteiger partial charge in [0.1, 0.15) is 0 Å². The highest BCUT2D eigenvalue weighted by atomic mass is 19.4. The molecule has 140 valence electrons. The van der Waals surface area contributed by atoms with Crippen molar-refractivity contribution in [2.45, 2.75) is 12.7 Å². The van der Waals surface area contributed by atoms with Crippen LogP contribution >= 0.6 is 0 Å². The number of guanidine groups is 1. The highest BCUT2D eigenvalue weighted by Crippen LogP contribution is 2.30. The van der Waals surface area contributed by atoms with Crippen LogP contribution in [0.2, 0.25) is 0 Å². The zero-order valence-electron chi connectivity index (χ0n) is 14.0. The number of nitrogens with zero attached hydrogens (tertiary/aromatic N) is 1. The molecule has 0 saturated heterocycles. The molecule has 3 aromatic rings. The summed E-state index contributed by atoms with van der Waals surface area (Å²) in [4.78, 5) is 12.4. The summed E-state index contributed by atoms with van der Waals surface area (Å²) in [7, 11) is 0. The average Bonchev–Trinajstić information content (AvgIpc) is 3.00. The van der Waals surface area contributed by atoms with Crippen LogP contribution in [0, 0.1) is 0 Å². The Kier molecular flexibility index (Phi) is 4.76. The second-order valence-corrected chi connectivity index (χ2v) is 5.90. The zero-order chi connectivity index (χ0) is 19.6. The van der Waals surface area contributed by atoms with Gasteiger partial charge in [0.2, 0.25) is 0 Å². The molecule has 27 heavy (non-hydrogen) atoms. The number of hydrazone groups is 1. The molecule has 1 amide bonds. The van der Waals surface area contributed by atoms with Gasteiger partial charge in [-0.05, 0) is 23.8 Å². The molecule has 2 aromatic carbocycles. The van der Waals surface area contributed by atoms with E-state index in [1.54, 1.807) is 41.1 Å². The van der Waals surface area contributed by atoms with E-state index in [-0.39, 0.29) is 12.5 Å². The van der Waals surface area contributed by atoms with Gasteiger partial charge in [-0.25, -0.2) is 5.32 Å². The molecule has 0 aliphatic heterocycles. The number of amides is 1. The third-order valence-electron chi connectivity index (χ3n) is 4.04. The van der Waals surface area contributed by atoms with Crippen molar-refractivity contribution < 1.29 is 23.1 Å². The van der Waals surface area contributed by atoms with E-state index in [0.717, 1.165) is 12.1 Å². The first-order valence-electron chi connectivity index (χ1n) is 7.94. The van der Waals surface area contributed by atoms with Crippen LogP contribution < -0.4 is 22.0 Å². The van der Waals surface area contributed by atoms with Crippen LogP contribution in [0.3, 0.4) is 0 Å². The largest absolute Gasteiger partial charge is 0.416 e. The summed E-state index contributed by atoms with van der Waals surface area (Å²) in [5.41, 5.74) is 6.26. The standard InChI is InChI=1S/C18H16F3N5O/c19-18(20,21)12-5-3-4-11(8-12)9-26-10-14(16(27)24-17(22)25-23)13-6-1-2-7-15(13)26/h1-8,10H,9,23H2,(H3,22,24,25,27)/p+1. The zero-order valence-corrected chi connectivity index (χ0v) is 14.0. The van der Waals surface area contributed by atoms with Crippen LogP contribution in [0.25, 0.3) is 10.9 Å². The lowest BCUT2D eigenvalue weighted by Crippen LogP contribution is -2.85. The van der Waals surface area contributed by atoms with E-state index in [2.05, 4.69) is 10.4 Å². The van der Waals surface area contributed by atoms with Crippen LogP contribution in [-0.2, 0) is 12.7 Å². The first-order chi connectivity index (χ1) is 12.8. The number of halogens is 3. The lowest BCUT2D eigenvalue weighted by atomic mass is 10.1. The molecule has 0 aliphatic carbocycles. The maximum Gasteiger partial charge on any atom is 0.416 e. The number of aromatic nitrogens is 1. The summed E-state index contributed by atoms with van der Waals surface area (Å²) in [5, 5.41) is 5.18. The Morgan fingerprint density at radius 2 is 1.89 bits per heavy atom. The second kappa shape index (κ2) is 7.02. The number of rotatable bonds is 3. The number of hydrogen-bond acceptors (Lipinski definition) is 2. The van der Waals surface area contributed by atoms with Crippen LogP contribution in [0.15, 0.2) is 54.7 Å². The Labute approximate surface area is 152 Å². The Balaban J connectivity index is 2.00. The van der Waals surface area contributed by atoms with Crippen molar-refractivity contribution in [2.24, 2.45) is 11.6 Å². The van der Waals surface area contributed by atoms with Crippen LogP contribution in [0.4, 0.5) is 13.2 Å². The lowest BCUT2D eigenvalue weighted by Gasteiger charge is -2.10. The Bertz CT molecular complexity index is 1020. The number of fused-ring (bicyclic) bond motifs is 1. The van der Waals surface area contributed by atoms with Gasteiger partial charge in [0.25, 0.3) is 0 Å². The first kappa shape index (κ1) is 18.3. The highest BCUT2D eigenvalue weighted by molar-refractivity contribution is 6.11. The summed E-state index contributed by atoms with van der Waals surface area (Å²) in [6, 6.07) is 12.2. The molecule has 9 heteroatoms. The topological polar surface area (TPSA) is 100 Å². The minimum absolute atomic E-state index is 0.116. The Morgan fingerprint density at radius 1 is 1.15 bits per heavy atom. The van der Waals surface area contributed by atoms with Gasteiger partial charge in [-0.1, -0.05) is 30.3 Å². The molecule has 0 spiro atoms. The van der Waals surface area contributed by atoms with Crippen molar-refractivity contribution in [2.75, 3.05) is 0 Å². The molecular weight excluding hydrogens is 359 g/mol. The first-order valence-corrected chi connectivity index (χ1v) is 7.94. The van der Waals surface area contributed by atoms with Crippen molar-refractivity contribution >= 4 is 22.8 Å². The molecule has 0 radical (unpaired) electrons. The quantitative estimate of drug-likeness (QED) is 0.234. The van der Waals surface area contributed by atoms with Gasteiger partial charge in [-0.2, -0.15) is 18.3 Å². The lowest BCUT2D eigenvalue weighted by molar-refractivity contribution is -0.472. The van der Waals surface area contributed by atoms with E-state index >= 15 is 0 Å². The molecule has 0 fully saturated rings. The number of benzene rings is 2. The van der Waals surface area contributed by atoms with Gasteiger partial charge < -0.3 is 4.57 Å². The summed E-state index contributed by atoms with van der Waals surface area (Å²) in [6.45, 7) is 0.173. The number of nitrogens with two attached hydrogens (primary N) is 2. The van der Waals surface area contributed by atoms with Gasteiger partial charge in [0.05, 0.1) is 11.1 Å². The molecule has 1 heterocycles. The van der Waals surface area contributed by atoms with Gasteiger partial charge in [0, 0.05) is 23.6 Å². The molecule has 0 unspecified atom stereocenters. The summed E-state index contributed by atoms with van der Waals surface area (Å²) < 4.78 is 40.5. The predicted octanol–water partition coefficient (Wildman–Crippen LogP) is 0.707. The van der Waals surface area contributed by atoms with E-state index in [4.69, 9.17) is 11.6 Å². The summed E-state index contributed by atoms with van der Waals surface area (Å²) in [5.74, 6) is 4.55. The summed E-state index contributed by atoms with van der Waals surface area (Å²) >= 11 is 0. The Hall–Kier alpha value is -3.49. The van der Waals surface area contributed by atoms with Crippen LogP contribution in [-0.4, -0.2) is 16.4 Å². The van der Waals surface area contributed by atoms with Gasteiger partial charge >= 0.3 is 18.0 Å². The monoisotopic (exact) mass is 376 g/mol. The normalized spacial score (nSPS) is 12.3. The molecule has 0 aliphatic rings. The third kappa shape index (κ3) is 3.86. The Morgan fingerprint density at radius 3 is 2.59 bits per heavy atom. The van der Waals surface area contributed by atoms with Crippen LogP contribution in [0.1, 0.15) is 21.5 Å². The third-order valence-corrected chi connectivity index (χ3v) is 4.04. The molecular formula is C18H17F3N5O+. The fraction of sp³-hybridized carbons (Fsp3) is 0.111. The smallest absolute Gasteiger partial charge is 0.342 e. The predicted molar refractivity (Wildman–Crippen MR) is 94.3 cm³/mol. The average molecular weight is 376 g/mol. The SMILES string of the molecule is N/[NH+]=C(\N)NC(=O)c1cn(Cc2cccc(C(F)(F)F)c2)c2ccccc12. The van der Waals surface area contributed by atoms with Crippen molar-refractivity contribution in [3.05, 3.63) is 71.4 Å². The number of hydrazine groups is 1. The highest BCUT2D eigenvalue weighted by Gasteiger charge is 2.30. The second-order valence-electron chi connectivity index (χ2n) is 5.90. The minimum Gasteiger partial charge on any atom is -0.342 e. The van der Waals surface area contributed by atoms with Crippen molar-refractivity contribution in [3.8, 4) is 0 Å². The number of carbonyl (C=O) groups is 1. The minimum atomic E-state index is -4.41. The molecule has 3 rings (SSSR count). The molecule has 0 bridgehead atoms. The van der Waals surface area contributed by atoms with Crippen molar-refractivity contribution in [1.82, 2.24) is 9.88 Å². The number of para-hydroxylation sites is 1. The molecule has 0 atom stereocenters. The number of hydrogen-bond donors (Lipinski definition) is 4. The molecule has 6 N–H and O–H groups in total. The molecule has 6 nitrogen and oxygen atoms in total. The van der Waals surface area contributed by atoms with E-state index in [9.17, 15) is 18.0 Å². The maximum atomic E-state index is 12.9. The van der Waals surface area contributed by atoms with E-state index in [0.29, 0.717) is 22.0 Å². The fourth-order valence-electron chi connectivity index (χ4n) is 2.83. The number of carbonyl (C=O) groups excluding carboxylic acids is 1. The maximum absolute atomic E-state index is 12.9. The van der Waals surface area contributed by atoms with Crippen molar-refractivity contribution in [1.29, 1.82) is 0 Å². The van der Waals surface area contributed by atoms with Crippen LogP contribution in [0.5, 0.6) is 0 Å². The van der Waals surface area contributed by atoms with Gasteiger partial charge in [-0.15, -0.1) is 0 Å². The van der Waals surface area contributed by atoms with E-state index < -0.39 is 17.6 Å². The number of alkyl halides is 3. The molecule has 1 aromatic heterocycles.